The zero-order valence-electron chi connectivity index (χ0n) is 20.0. The molecule has 0 amide bonds. The third-order valence-corrected chi connectivity index (χ3v) is 8.39. The number of hydrogen-bond acceptors (Lipinski definition) is 8. The summed E-state index contributed by atoms with van der Waals surface area (Å²) in [5, 5.41) is 10.6. The van der Waals surface area contributed by atoms with Crippen LogP contribution in [-0.2, 0) is 16.0 Å². The van der Waals surface area contributed by atoms with E-state index in [1.807, 2.05) is 12.3 Å². The van der Waals surface area contributed by atoms with Crippen LogP contribution in [0.25, 0.3) is 10.4 Å². The molecule has 0 spiro atoms. The lowest BCUT2D eigenvalue weighted by atomic mass is 9.82. The summed E-state index contributed by atoms with van der Waals surface area (Å²) in [6.07, 6.45) is 8.18. The summed E-state index contributed by atoms with van der Waals surface area (Å²) in [5.74, 6) is -0.277. The Balaban J connectivity index is 1.24. The Morgan fingerprint density at radius 1 is 1.19 bits per heavy atom. The summed E-state index contributed by atoms with van der Waals surface area (Å²) in [6, 6.07) is 7.15. The van der Waals surface area contributed by atoms with Crippen LogP contribution in [0.4, 0.5) is 5.13 Å². The van der Waals surface area contributed by atoms with Crippen LogP contribution in [0.15, 0.2) is 47.4 Å². The molecule has 8 nitrogen and oxygen atoms in total. The lowest BCUT2D eigenvalue weighted by Crippen LogP contribution is -2.59. The number of halogens is 1. The number of hydrogen-bond donors (Lipinski definition) is 1. The third-order valence-electron chi connectivity index (χ3n) is 7.07. The molecule has 0 radical (unpaired) electrons. The summed E-state index contributed by atoms with van der Waals surface area (Å²) in [6.45, 7) is 5.72. The molecule has 4 heterocycles. The van der Waals surface area contributed by atoms with E-state index in [1.165, 1.54) is 0 Å². The van der Waals surface area contributed by atoms with Crippen molar-refractivity contribution in [1.82, 2.24) is 9.88 Å². The van der Waals surface area contributed by atoms with Gasteiger partial charge in [-0.25, -0.2) is 4.98 Å². The molecule has 0 atom stereocenters. The normalized spacial score (nSPS) is 18.3. The number of aromatic nitrogens is 1. The molecule has 192 valence electrons. The Bertz CT molecular complexity index is 1150. The second-order valence-corrected chi connectivity index (χ2v) is 10.7. The van der Waals surface area contributed by atoms with E-state index in [9.17, 15) is 4.79 Å². The highest BCUT2D eigenvalue weighted by atomic mass is 35.5. The third kappa shape index (κ3) is 5.86. The zero-order chi connectivity index (χ0) is 25.0. The molecule has 10 heteroatoms. The van der Waals surface area contributed by atoms with Gasteiger partial charge in [-0.1, -0.05) is 22.9 Å². The van der Waals surface area contributed by atoms with Crippen molar-refractivity contribution in [2.24, 2.45) is 0 Å². The Morgan fingerprint density at radius 3 is 2.72 bits per heavy atom. The molecule has 1 N–H and O–H groups in total. The number of aliphatic carboxylic acids is 1. The van der Waals surface area contributed by atoms with Gasteiger partial charge in [-0.2, -0.15) is 0 Å². The molecule has 0 aliphatic carbocycles. The Kier molecular flexibility index (Phi) is 7.81. The van der Waals surface area contributed by atoms with Crippen molar-refractivity contribution in [3.63, 3.8) is 0 Å². The Morgan fingerprint density at radius 2 is 2.00 bits per heavy atom. The number of carboxylic acid groups (broad SMARTS) is 1. The lowest BCUT2D eigenvalue weighted by molar-refractivity contribution is -0.136. The first-order chi connectivity index (χ1) is 17.5. The first-order valence-corrected chi connectivity index (χ1v) is 13.4. The zero-order valence-corrected chi connectivity index (χ0v) is 21.6. The second-order valence-electron chi connectivity index (χ2n) is 9.29. The molecular formula is C26H30ClN3O5S. The number of thiazole rings is 1. The molecule has 2 aliphatic rings. The highest BCUT2D eigenvalue weighted by Gasteiger charge is 2.40. The highest BCUT2D eigenvalue weighted by Crippen LogP contribution is 2.38. The Labute approximate surface area is 219 Å². The number of ether oxygens (including phenoxy) is 2. The van der Waals surface area contributed by atoms with Gasteiger partial charge in [0.15, 0.2) is 5.13 Å². The van der Waals surface area contributed by atoms with Crippen molar-refractivity contribution >= 4 is 34.0 Å². The summed E-state index contributed by atoms with van der Waals surface area (Å²) in [7, 11) is 0. The number of nitrogens with zero attached hydrogens (tertiary/aromatic N) is 3. The van der Waals surface area contributed by atoms with Crippen molar-refractivity contribution in [3.8, 4) is 16.2 Å². The molecule has 36 heavy (non-hydrogen) atoms. The van der Waals surface area contributed by atoms with Gasteiger partial charge >= 0.3 is 5.97 Å². The summed E-state index contributed by atoms with van der Waals surface area (Å²) < 4.78 is 17.0. The van der Waals surface area contributed by atoms with Crippen LogP contribution in [-0.4, -0.2) is 72.5 Å². The van der Waals surface area contributed by atoms with E-state index in [0.717, 1.165) is 74.2 Å². The van der Waals surface area contributed by atoms with E-state index >= 15 is 0 Å². The molecule has 0 saturated carbocycles. The van der Waals surface area contributed by atoms with E-state index < -0.39 is 5.97 Å². The fourth-order valence-electron chi connectivity index (χ4n) is 5.17. The van der Waals surface area contributed by atoms with E-state index in [0.29, 0.717) is 22.9 Å². The molecule has 5 rings (SSSR count). The molecule has 3 aromatic rings. The number of morpholine rings is 1. The maximum atomic E-state index is 11.1. The average molecular weight is 532 g/mol. The number of benzene rings is 1. The molecule has 2 saturated heterocycles. The number of piperidine rings is 1. The van der Waals surface area contributed by atoms with Crippen LogP contribution in [0.1, 0.15) is 24.8 Å². The smallest absolute Gasteiger partial charge is 0.307 e. The number of carbonyl (C=O) groups is 1. The quantitative estimate of drug-likeness (QED) is 0.420. The molecule has 2 fully saturated rings. The predicted molar refractivity (Wildman–Crippen MR) is 139 cm³/mol. The molecular weight excluding hydrogens is 502 g/mol. The predicted octanol–water partition coefficient (Wildman–Crippen LogP) is 4.82. The van der Waals surface area contributed by atoms with Crippen LogP contribution >= 0.6 is 22.9 Å². The van der Waals surface area contributed by atoms with Crippen molar-refractivity contribution in [2.75, 3.05) is 50.9 Å². The fraction of sp³-hybridized carbons (Fsp3) is 0.462. The molecule has 1 aromatic carbocycles. The van der Waals surface area contributed by atoms with E-state index in [-0.39, 0.29) is 12.0 Å². The first-order valence-electron chi connectivity index (χ1n) is 12.2. The van der Waals surface area contributed by atoms with E-state index in [1.54, 1.807) is 42.1 Å². The molecule has 0 unspecified atom stereocenters. The highest BCUT2D eigenvalue weighted by molar-refractivity contribution is 7.18. The minimum atomic E-state index is -0.890. The summed E-state index contributed by atoms with van der Waals surface area (Å²) in [5.41, 5.74) is 1.72. The van der Waals surface area contributed by atoms with Crippen LogP contribution in [0.2, 0.25) is 5.02 Å². The monoisotopic (exact) mass is 531 g/mol. The van der Waals surface area contributed by atoms with Gasteiger partial charge in [-0.15, -0.1) is 0 Å². The standard InChI is InChI=1S/C26H30ClN3O5S/c27-21-13-19(15-24(31)32)14-22(16-21)35-10-4-26(30-7-11-33-12-8-30)2-5-29(6-3-26)25-28-17-23(36-25)20-1-9-34-18-20/h1,9,13-14,16-18H,2-8,10-12,15H2,(H,31,32). The number of anilines is 1. The number of furan rings is 1. The fourth-order valence-corrected chi connectivity index (χ4v) is 6.37. The summed E-state index contributed by atoms with van der Waals surface area (Å²) in [4.78, 5) is 21.9. The van der Waals surface area contributed by atoms with E-state index in [2.05, 4.69) is 14.8 Å². The first kappa shape index (κ1) is 25.1. The summed E-state index contributed by atoms with van der Waals surface area (Å²) >= 11 is 7.91. The van der Waals surface area contributed by atoms with Crippen LogP contribution in [0, 0.1) is 0 Å². The minimum Gasteiger partial charge on any atom is -0.493 e. The Hall–Kier alpha value is -2.59. The van der Waals surface area contributed by atoms with Crippen LogP contribution < -0.4 is 9.64 Å². The number of rotatable bonds is 9. The van der Waals surface area contributed by atoms with Crippen LogP contribution in [0.5, 0.6) is 5.75 Å². The number of carboxylic acids is 1. The maximum Gasteiger partial charge on any atom is 0.307 e. The SMILES string of the molecule is O=C(O)Cc1cc(Cl)cc(OCCC2(N3CCOCC3)CCN(c3ncc(-c4ccoc4)s3)CC2)c1. The minimum absolute atomic E-state index is 0.0212. The molecule has 2 aliphatic heterocycles. The second kappa shape index (κ2) is 11.2. The molecule has 0 bridgehead atoms. The largest absolute Gasteiger partial charge is 0.493 e. The van der Waals surface area contributed by atoms with Crippen molar-refractivity contribution < 1.29 is 23.8 Å². The van der Waals surface area contributed by atoms with Gasteiger partial charge in [0.2, 0.25) is 0 Å². The maximum absolute atomic E-state index is 11.1. The van der Waals surface area contributed by atoms with E-state index in [4.69, 9.17) is 30.6 Å². The average Bonchev–Trinajstić information content (AvgIpc) is 3.57. The van der Waals surface area contributed by atoms with Gasteiger partial charge in [-0.05, 0) is 49.1 Å². The van der Waals surface area contributed by atoms with Gasteiger partial charge in [0.1, 0.15) is 5.75 Å². The van der Waals surface area contributed by atoms with Gasteiger partial charge in [-0.3, -0.25) is 9.69 Å². The van der Waals surface area contributed by atoms with Gasteiger partial charge < -0.3 is 23.9 Å². The van der Waals surface area contributed by atoms with Gasteiger partial charge in [0, 0.05) is 48.5 Å². The molecule has 2 aromatic heterocycles. The van der Waals surface area contributed by atoms with Gasteiger partial charge in [0.25, 0.3) is 0 Å². The van der Waals surface area contributed by atoms with Crippen LogP contribution in [0.3, 0.4) is 0 Å². The van der Waals surface area contributed by atoms with Crippen molar-refractivity contribution in [2.45, 2.75) is 31.2 Å². The van der Waals surface area contributed by atoms with Gasteiger partial charge in [0.05, 0.1) is 43.6 Å². The topological polar surface area (TPSA) is 88.3 Å². The van der Waals surface area contributed by atoms with Crippen molar-refractivity contribution in [1.29, 1.82) is 0 Å². The van der Waals surface area contributed by atoms with Crippen molar-refractivity contribution in [3.05, 3.63) is 53.6 Å². The lowest BCUT2D eigenvalue weighted by Gasteiger charge is -2.50.